The largest absolute Gasteiger partial charge is 0.496 e. The van der Waals surface area contributed by atoms with E-state index in [-0.39, 0.29) is 5.41 Å². The van der Waals surface area contributed by atoms with Crippen LogP contribution < -0.4 is 10.5 Å². The van der Waals surface area contributed by atoms with Gasteiger partial charge >= 0.3 is 0 Å². The number of para-hydroxylation sites is 1. The lowest BCUT2D eigenvalue weighted by Gasteiger charge is -2.21. The first kappa shape index (κ1) is 13.4. The van der Waals surface area contributed by atoms with Gasteiger partial charge in [0.05, 0.1) is 7.11 Å². The molecule has 16 heavy (non-hydrogen) atoms. The van der Waals surface area contributed by atoms with Gasteiger partial charge < -0.3 is 10.5 Å². The van der Waals surface area contributed by atoms with Gasteiger partial charge in [-0.2, -0.15) is 0 Å². The average molecular weight is 239 g/mol. The average Bonchev–Trinajstić information content (AvgIpc) is 2.29. The van der Waals surface area contributed by atoms with Crippen molar-refractivity contribution in [1.82, 2.24) is 0 Å². The van der Waals surface area contributed by atoms with Crippen molar-refractivity contribution >= 4 is 11.8 Å². The van der Waals surface area contributed by atoms with Crippen LogP contribution in [-0.2, 0) is 0 Å². The predicted molar refractivity (Wildman–Crippen MR) is 71.2 cm³/mol. The Hall–Kier alpha value is -0.670. The number of hydrogen-bond acceptors (Lipinski definition) is 3. The summed E-state index contributed by atoms with van der Waals surface area (Å²) >= 11 is 1.83. The smallest absolute Gasteiger partial charge is 0.132 e. The molecule has 1 rings (SSSR count). The van der Waals surface area contributed by atoms with Crippen molar-refractivity contribution in [3.8, 4) is 5.75 Å². The van der Waals surface area contributed by atoms with Crippen LogP contribution in [0.1, 0.15) is 20.3 Å². The van der Waals surface area contributed by atoms with Crippen molar-refractivity contribution in [3.05, 3.63) is 24.3 Å². The van der Waals surface area contributed by atoms with Gasteiger partial charge in [0.15, 0.2) is 0 Å². The molecule has 0 fully saturated rings. The van der Waals surface area contributed by atoms with Gasteiger partial charge in [-0.1, -0.05) is 26.0 Å². The summed E-state index contributed by atoms with van der Waals surface area (Å²) in [5, 5.41) is 0. The molecule has 0 aliphatic carbocycles. The second-order valence-electron chi connectivity index (χ2n) is 4.62. The summed E-state index contributed by atoms with van der Waals surface area (Å²) in [6, 6.07) is 8.13. The molecule has 2 nitrogen and oxygen atoms in total. The zero-order valence-electron chi connectivity index (χ0n) is 10.3. The highest BCUT2D eigenvalue weighted by Gasteiger charge is 2.15. The third-order valence-electron chi connectivity index (χ3n) is 2.66. The fraction of sp³-hybridized carbons (Fsp3) is 0.538. The Balaban J connectivity index is 2.49. The number of hydrogen-bond donors (Lipinski definition) is 1. The second-order valence-corrected chi connectivity index (χ2v) is 5.75. The lowest BCUT2D eigenvalue weighted by molar-refractivity contribution is 0.368. The van der Waals surface area contributed by atoms with Crippen LogP contribution in [0.25, 0.3) is 0 Å². The molecule has 0 aliphatic heterocycles. The Morgan fingerprint density at radius 1 is 1.31 bits per heavy atom. The fourth-order valence-corrected chi connectivity index (χ4v) is 2.62. The van der Waals surface area contributed by atoms with E-state index in [0.29, 0.717) is 0 Å². The Kier molecular flexibility index (Phi) is 5.16. The van der Waals surface area contributed by atoms with E-state index in [1.807, 2.05) is 30.0 Å². The number of thioether (sulfide) groups is 1. The third kappa shape index (κ3) is 4.06. The summed E-state index contributed by atoms with van der Waals surface area (Å²) in [5.74, 6) is 2.03. The van der Waals surface area contributed by atoms with Gasteiger partial charge in [0.25, 0.3) is 0 Å². The van der Waals surface area contributed by atoms with Crippen molar-refractivity contribution in [2.75, 3.05) is 19.4 Å². The summed E-state index contributed by atoms with van der Waals surface area (Å²) < 4.78 is 5.31. The monoisotopic (exact) mass is 239 g/mol. The lowest BCUT2D eigenvalue weighted by atomic mass is 9.91. The van der Waals surface area contributed by atoms with Gasteiger partial charge in [0.2, 0.25) is 0 Å². The molecule has 3 heteroatoms. The number of benzene rings is 1. The lowest BCUT2D eigenvalue weighted by Crippen LogP contribution is -2.24. The molecule has 1 aromatic rings. The van der Waals surface area contributed by atoms with Crippen molar-refractivity contribution in [2.45, 2.75) is 25.2 Å². The molecule has 90 valence electrons. The maximum Gasteiger partial charge on any atom is 0.132 e. The molecule has 0 amide bonds. The highest BCUT2D eigenvalue weighted by molar-refractivity contribution is 7.99. The SMILES string of the molecule is COc1ccccc1SCCC(C)(C)CN. The fourth-order valence-electron chi connectivity index (χ4n) is 1.28. The maximum atomic E-state index is 5.71. The molecule has 0 radical (unpaired) electrons. The van der Waals surface area contributed by atoms with Gasteiger partial charge in [-0.25, -0.2) is 0 Å². The standard InChI is InChI=1S/C13H21NOS/c1-13(2,10-14)8-9-16-12-7-5-4-6-11(12)15-3/h4-7H,8-10,14H2,1-3H3. The van der Waals surface area contributed by atoms with E-state index in [0.717, 1.165) is 24.5 Å². The molecule has 0 unspecified atom stereocenters. The third-order valence-corrected chi connectivity index (χ3v) is 3.71. The molecule has 0 aromatic heterocycles. The summed E-state index contributed by atoms with van der Waals surface area (Å²) in [6.45, 7) is 5.14. The molecule has 0 spiro atoms. The molecule has 0 saturated heterocycles. The van der Waals surface area contributed by atoms with Crippen LogP contribution in [0.2, 0.25) is 0 Å². The van der Waals surface area contributed by atoms with Crippen molar-refractivity contribution in [1.29, 1.82) is 0 Å². The van der Waals surface area contributed by atoms with Gasteiger partial charge in [0.1, 0.15) is 5.75 Å². The van der Waals surface area contributed by atoms with Crippen LogP contribution in [0.3, 0.4) is 0 Å². The van der Waals surface area contributed by atoms with Crippen molar-refractivity contribution in [3.63, 3.8) is 0 Å². The van der Waals surface area contributed by atoms with E-state index >= 15 is 0 Å². The van der Waals surface area contributed by atoms with E-state index in [1.54, 1.807) is 7.11 Å². The zero-order valence-corrected chi connectivity index (χ0v) is 11.1. The zero-order chi connectivity index (χ0) is 12.0. The van der Waals surface area contributed by atoms with E-state index in [1.165, 1.54) is 4.90 Å². The molecule has 2 N–H and O–H groups in total. The number of nitrogens with two attached hydrogens (primary N) is 1. The molecular formula is C13H21NOS. The Bertz CT molecular complexity index is 325. The Morgan fingerprint density at radius 3 is 2.62 bits per heavy atom. The van der Waals surface area contributed by atoms with E-state index in [4.69, 9.17) is 10.5 Å². The quantitative estimate of drug-likeness (QED) is 0.774. The topological polar surface area (TPSA) is 35.2 Å². The molecule has 0 bridgehead atoms. The van der Waals surface area contributed by atoms with Gasteiger partial charge in [-0.05, 0) is 36.3 Å². The molecular weight excluding hydrogens is 218 g/mol. The van der Waals surface area contributed by atoms with Crippen LogP contribution in [-0.4, -0.2) is 19.4 Å². The highest BCUT2D eigenvalue weighted by Crippen LogP contribution is 2.31. The normalized spacial score (nSPS) is 11.5. The summed E-state index contributed by atoms with van der Waals surface area (Å²) in [5.41, 5.74) is 5.94. The predicted octanol–water partition coefficient (Wildman–Crippen LogP) is 3.16. The maximum absolute atomic E-state index is 5.71. The number of ether oxygens (including phenoxy) is 1. The first-order valence-corrected chi connectivity index (χ1v) is 6.53. The molecule has 0 saturated carbocycles. The molecule has 1 aromatic carbocycles. The minimum Gasteiger partial charge on any atom is -0.496 e. The van der Waals surface area contributed by atoms with Crippen LogP contribution in [0.15, 0.2) is 29.2 Å². The second kappa shape index (κ2) is 6.16. The van der Waals surface area contributed by atoms with Crippen molar-refractivity contribution < 1.29 is 4.74 Å². The van der Waals surface area contributed by atoms with Crippen LogP contribution in [0.5, 0.6) is 5.75 Å². The van der Waals surface area contributed by atoms with Gasteiger partial charge in [-0.15, -0.1) is 11.8 Å². The van der Waals surface area contributed by atoms with E-state index < -0.39 is 0 Å². The molecule has 0 atom stereocenters. The van der Waals surface area contributed by atoms with Gasteiger partial charge in [0, 0.05) is 4.90 Å². The number of methoxy groups -OCH3 is 1. The van der Waals surface area contributed by atoms with E-state index in [2.05, 4.69) is 19.9 Å². The van der Waals surface area contributed by atoms with Crippen LogP contribution in [0, 0.1) is 5.41 Å². The summed E-state index contributed by atoms with van der Waals surface area (Å²) in [4.78, 5) is 1.21. The van der Waals surface area contributed by atoms with E-state index in [9.17, 15) is 0 Å². The molecule has 0 heterocycles. The minimum atomic E-state index is 0.231. The summed E-state index contributed by atoms with van der Waals surface area (Å²) in [6.07, 6.45) is 1.12. The van der Waals surface area contributed by atoms with Crippen LogP contribution >= 0.6 is 11.8 Å². The van der Waals surface area contributed by atoms with Crippen LogP contribution in [0.4, 0.5) is 0 Å². The Morgan fingerprint density at radius 2 is 2.00 bits per heavy atom. The highest BCUT2D eigenvalue weighted by atomic mass is 32.2. The number of rotatable bonds is 6. The van der Waals surface area contributed by atoms with Gasteiger partial charge in [-0.3, -0.25) is 0 Å². The summed E-state index contributed by atoms with van der Waals surface area (Å²) in [7, 11) is 1.71. The van der Waals surface area contributed by atoms with Crippen molar-refractivity contribution in [2.24, 2.45) is 11.1 Å². The minimum absolute atomic E-state index is 0.231. The first-order valence-electron chi connectivity index (χ1n) is 5.55. The molecule has 0 aliphatic rings. The Labute approximate surface area is 103 Å². The first-order chi connectivity index (χ1) is 7.59.